The van der Waals surface area contributed by atoms with Crippen LogP contribution in [0.4, 0.5) is 0 Å². The second-order valence-electron chi connectivity index (χ2n) is 5.49. The third-order valence-electron chi connectivity index (χ3n) is 3.99. The molecule has 0 aromatic carbocycles. The molecule has 1 aromatic rings. The Kier molecular flexibility index (Phi) is 5.22. The zero-order valence-electron chi connectivity index (χ0n) is 12.1. The first-order valence-corrected chi connectivity index (χ1v) is 7.95. The van der Waals surface area contributed by atoms with Gasteiger partial charge in [0.2, 0.25) is 0 Å². The van der Waals surface area contributed by atoms with Crippen molar-refractivity contribution < 1.29 is 9.90 Å². The SMILES string of the molecule is CC1CCC(N(C)C(=O)c2csc(C#CCO)c2)CC1. The number of hydrogen-bond donors (Lipinski definition) is 1. The van der Waals surface area contributed by atoms with Gasteiger partial charge in [0.15, 0.2) is 0 Å². The monoisotopic (exact) mass is 291 g/mol. The van der Waals surface area contributed by atoms with Crippen LogP contribution in [0.2, 0.25) is 0 Å². The summed E-state index contributed by atoms with van der Waals surface area (Å²) in [6.07, 6.45) is 4.62. The first-order chi connectivity index (χ1) is 9.61. The summed E-state index contributed by atoms with van der Waals surface area (Å²) in [4.78, 5) is 15.2. The van der Waals surface area contributed by atoms with E-state index in [0.717, 1.165) is 23.6 Å². The molecule has 0 atom stereocenters. The maximum atomic E-state index is 12.4. The highest BCUT2D eigenvalue weighted by Crippen LogP contribution is 2.27. The Morgan fingerprint density at radius 3 is 2.80 bits per heavy atom. The molecule has 1 amide bonds. The van der Waals surface area contributed by atoms with E-state index in [9.17, 15) is 4.79 Å². The molecule has 0 spiro atoms. The van der Waals surface area contributed by atoms with Crippen molar-refractivity contribution >= 4 is 17.2 Å². The van der Waals surface area contributed by atoms with Gasteiger partial charge in [-0.25, -0.2) is 0 Å². The van der Waals surface area contributed by atoms with Gasteiger partial charge in [-0.05, 0) is 37.7 Å². The van der Waals surface area contributed by atoms with Crippen molar-refractivity contribution in [2.24, 2.45) is 5.92 Å². The average Bonchev–Trinajstić information content (AvgIpc) is 2.93. The Hall–Kier alpha value is -1.31. The molecule has 1 fully saturated rings. The molecule has 1 N–H and O–H groups in total. The van der Waals surface area contributed by atoms with E-state index < -0.39 is 0 Å². The molecule has 0 aliphatic heterocycles. The zero-order valence-corrected chi connectivity index (χ0v) is 12.9. The Labute approximate surface area is 124 Å². The van der Waals surface area contributed by atoms with Crippen LogP contribution in [0.25, 0.3) is 0 Å². The summed E-state index contributed by atoms with van der Waals surface area (Å²) in [5, 5.41) is 10.5. The molecule has 108 valence electrons. The van der Waals surface area contributed by atoms with Crippen LogP contribution in [0.5, 0.6) is 0 Å². The lowest BCUT2D eigenvalue weighted by molar-refractivity contribution is 0.0680. The summed E-state index contributed by atoms with van der Waals surface area (Å²) in [5.41, 5.74) is 0.707. The quantitative estimate of drug-likeness (QED) is 0.851. The average molecular weight is 291 g/mol. The van der Waals surface area contributed by atoms with Crippen molar-refractivity contribution in [3.63, 3.8) is 0 Å². The van der Waals surface area contributed by atoms with Crippen molar-refractivity contribution in [1.29, 1.82) is 0 Å². The predicted octanol–water partition coefficient (Wildman–Crippen LogP) is 2.74. The lowest BCUT2D eigenvalue weighted by atomic mass is 9.86. The van der Waals surface area contributed by atoms with Crippen LogP contribution in [-0.4, -0.2) is 35.6 Å². The summed E-state index contributed by atoms with van der Waals surface area (Å²) >= 11 is 1.45. The van der Waals surface area contributed by atoms with E-state index in [2.05, 4.69) is 18.8 Å². The van der Waals surface area contributed by atoms with Crippen molar-refractivity contribution in [3.05, 3.63) is 21.9 Å². The van der Waals surface area contributed by atoms with Crippen molar-refractivity contribution in [3.8, 4) is 11.8 Å². The highest BCUT2D eigenvalue weighted by Gasteiger charge is 2.25. The summed E-state index contributed by atoms with van der Waals surface area (Å²) in [5.74, 6) is 6.32. The fourth-order valence-corrected chi connectivity index (χ4v) is 3.39. The highest BCUT2D eigenvalue weighted by molar-refractivity contribution is 7.10. The van der Waals surface area contributed by atoms with E-state index in [1.54, 1.807) is 0 Å². The molecule has 0 saturated heterocycles. The smallest absolute Gasteiger partial charge is 0.254 e. The van der Waals surface area contributed by atoms with Crippen molar-refractivity contribution in [2.45, 2.75) is 38.6 Å². The third-order valence-corrected chi connectivity index (χ3v) is 4.84. The number of aliphatic hydroxyl groups is 1. The number of carbonyl (C=O) groups is 1. The molecule has 3 nitrogen and oxygen atoms in total. The minimum atomic E-state index is -0.151. The van der Waals surface area contributed by atoms with Crippen molar-refractivity contribution in [1.82, 2.24) is 4.90 Å². The molecule has 0 bridgehead atoms. The molecule has 1 aliphatic carbocycles. The van der Waals surface area contributed by atoms with E-state index >= 15 is 0 Å². The Balaban J connectivity index is 2.01. The van der Waals surface area contributed by atoms with Crippen LogP contribution < -0.4 is 0 Å². The van der Waals surface area contributed by atoms with Gasteiger partial charge in [-0.3, -0.25) is 4.79 Å². The molecule has 1 saturated carbocycles. The summed E-state index contributed by atoms with van der Waals surface area (Å²) in [6, 6.07) is 2.18. The van der Waals surface area contributed by atoms with Crippen LogP contribution in [0.15, 0.2) is 11.4 Å². The van der Waals surface area contributed by atoms with Crippen LogP contribution in [0.3, 0.4) is 0 Å². The normalized spacial score (nSPS) is 21.9. The molecule has 20 heavy (non-hydrogen) atoms. The molecule has 1 aromatic heterocycles. The van der Waals surface area contributed by atoms with E-state index in [-0.39, 0.29) is 12.5 Å². The molecule has 1 heterocycles. The fourth-order valence-electron chi connectivity index (χ4n) is 2.64. The standard InChI is InChI=1S/C16H21NO2S/c1-12-5-7-14(8-6-12)17(2)16(19)13-10-15(20-11-13)4-3-9-18/h10-12,14,18H,5-9H2,1-2H3. The highest BCUT2D eigenvalue weighted by atomic mass is 32.1. The van der Waals surface area contributed by atoms with Gasteiger partial charge in [0.1, 0.15) is 6.61 Å². The molecule has 0 unspecified atom stereocenters. The van der Waals surface area contributed by atoms with E-state index in [1.165, 1.54) is 24.2 Å². The van der Waals surface area contributed by atoms with Gasteiger partial charge < -0.3 is 10.0 Å². The summed E-state index contributed by atoms with van der Waals surface area (Å²) < 4.78 is 0. The van der Waals surface area contributed by atoms with Gasteiger partial charge in [-0.2, -0.15) is 0 Å². The van der Waals surface area contributed by atoms with Gasteiger partial charge in [0.05, 0.1) is 10.4 Å². The number of hydrogen-bond acceptors (Lipinski definition) is 3. The molecule has 2 rings (SSSR count). The van der Waals surface area contributed by atoms with Gasteiger partial charge in [-0.15, -0.1) is 11.3 Å². The number of carbonyl (C=O) groups excluding carboxylic acids is 1. The topological polar surface area (TPSA) is 40.5 Å². The van der Waals surface area contributed by atoms with E-state index in [1.807, 2.05) is 23.4 Å². The van der Waals surface area contributed by atoms with E-state index in [4.69, 9.17) is 5.11 Å². The lowest BCUT2D eigenvalue weighted by Gasteiger charge is -2.33. The second-order valence-corrected chi connectivity index (χ2v) is 6.40. The van der Waals surface area contributed by atoms with Gasteiger partial charge in [-0.1, -0.05) is 18.8 Å². The molecular formula is C16H21NO2S. The van der Waals surface area contributed by atoms with Gasteiger partial charge in [0.25, 0.3) is 5.91 Å². The first-order valence-electron chi connectivity index (χ1n) is 7.07. The number of aliphatic hydroxyl groups excluding tert-OH is 1. The zero-order chi connectivity index (χ0) is 14.5. The van der Waals surface area contributed by atoms with Crippen molar-refractivity contribution in [2.75, 3.05) is 13.7 Å². The van der Waals surface area contributed by atoms with Crippen LogP contribution >= 0.6 is 11.3 Å². The molecule has 0 radical (unpaired) electrons. The number of rotatable bonds is 2. The lowest BCUT2D eigenvalue weighted by Crippen LogP contribution is -2.39. The second kappa shape index (κ2) is 6.92. The minimum Gasteiger partial charge on any atom is -0.384 e. The molecule has 1 aliphatic rings. The maximum absolute atomic E-state index is 12.4. The summed E-state index contributed by atoms with van der Waals surface area (Å²) in [6.45, 7) is 2.13. The predicted molar refractivity (Wildman–Crippen MR) is 81.8 cm³/mol. The number of amides is 1. The molecule has 4 heteroatoms. The van der Waals surface area contributed by atoms with E-state index in [0.29, 0.717) is 11.6 Å². The van der Waals surface area contributed by atoms with Gasteiger partial charge in [0, 0.05) is 18.5 Å². The van der Waals surface area contributed by atoms with Crippen LogP contribution in [-0.2, 0) is 0 Å². The minimum absolute atomic E-state index is 0.0813. The van der Waals surface area contributed by atoms with Gasteiger partial charge >= 0.3 is 0 Å². The number of thiophene rings is 1. The first kappa shape index (κ1) is 15.1. The summed E-state index contributed by atoms with van der Waals surface area (Å²) in [7, 11) is 1.90. The third kappa shape index (κ3) is 3.62. The van der Waals surface area contributed by atoms with Crippen LogP contribution in [0.1, 0.15) is 47.8 Å². The Morgan fingerprint density at radius 2 is 2.15 bits per heavy atom. The Morgan fingerprint density at radius 1 is 1.45 bits per heavy atom. The largest absolute Gasteiger partial charge is 0.384 e. The Bertz CT molecular complexity index is 518. The molecular weight excluding hydrogens is 270 g/mol. The van der Waals surface area contributed by atoms with Crippen LogP contribution in [0, 0.1) is 17.8 Å². The fraction of sp³-hybridized carbons (Fsp3) is 0.562. The maximum Gasteiger partial charge on any atom is 0.254 e. The number of nitrogens with zero attached hydrogens (tertiary/aromatic N) is 1.